The van der Waals surface area contributed by atoms with Crippen LogP contribution in [0.3, 0.4) is 0 Å². The Morgan fingerprint density at radius 2 is 1.71 bits per heavy atom. The van der Waals surface area contributed by atoms with Gasteiger partial charge in [-0.25, -0.2) is 22.5 Å². The molecule has 3 aromatic rings. The lowest BCUT2D eigenvalue weighted by Crippen LogP contribution is -2.62. The highest BCUT2D eigenvalue weighted by atomic mass is 19.4. The second-order valence-corrected chi connectivity index (χ2v) is 8.56. The van der Waals surface area contributed by atoms with Crippen molar-refractivity contribution in [2.24, 2.45) is 0 Å². The number of amides is 1. The quantitative estimate of drug-likeness (QED) is 0.478. The number of fused-ring (bicyclic) bond motifs is 1. The monoisotopic (exact) mass is 490 g/mol. The number of halogens is 7. The Hall–Kier alpha value is -3.15. The first-order valence-electron chi connectivity index (χ1n) is 9.87. The molecule has 1 N–H and O–H groups in total. The van der Waals surface area contributed by atoms with Crippen molar-refractivity contribution in [2.45, 2.75) is 44.0 Å². The first-order chi connectivity index (χ1) is 15.6. The van der Waals surface area contributed by atoms with E-state index in [9.17, 15) is 26.7 Å². The Bertz CT molecular complexity index is 1300. The van der Waals surface area contributed by atoms with Crippen LogP contribution in [-0.2, 0) is 21.2 Å². The molecule has 0 spiro atoms. The maximum Gasteiger partial charge on any atom is 0.416 e. The molecule has 0 aliphatic carbocycles. The molecule has 1 aliphatic heterocycles. The van der Waals surface area contributed by atoms with Crippen molar-refractivity contribution in [1.82, 2.24) is 10.3 Å². The van der Waals surface area contributed by atoms with Gasteiger partial charge >= 0.3 is 12.1 Å². The van der Waals surface area contributed by atoms with Gasteiger partial charge in [0.25, 0.3) is 0 Å². The van der Waals surface area contributed by atoms with E-state index in [-0.39, 0.29) is 11.1 Å². The number of carbonyl (C=O) groups excluding carboxylic acids is 1. The topological polar surface area (TPSA) is 64.4 Å². The first kappa shape index (κ1) is 24.0. The molecule has 2 aromatic carbocycles. The van der Waals surface area contributed by atoms with E-state index in [1.54, 1.807) is 0 Å². The number of benzene rings is 2. The highest BCUT2D eigenvalue weighted by molar-refractivity contribution is 5.80. The molecule has 1 atom stereocenters. The van der Waals surface area contributed by atoms with Gasteiger partial charge in [0.1, 0.15) is 34.9 Å². The van der Waals surface area contributed by atoms with E-state index < -0.39 is 70.0 Å². The summed E-state index contributed by atoms with van der Waals surface area (Å²) in [5, 5.41) is 2.05. The van der Waals surface area contributed by atoms with Crippen molar-refractivity contribution in [3.63, 3.8) is 0 Å². The molecule has 4 rings (SSSR count). The van der Waals surface area contributed by atoms with Gasteiger partial charge in [-0.15, -0.1) is 0 Å². The van der Waals surface area contributed by atoms with E-state index in [1.165, 1.54) is 0 Å². The summed E-state index contributed by atoms with van der Waals surface area (Å²) in [6, 6.07) is 3.39. The number of alkyl halides is 5. The molecule has 1 saturated heterocycles. The van der Waals surface area contributed by atoms with E-state index in [0.29, 0.717) is 18.2 Å². The zero-order valence-electron chi connectivity index (χ0n) is 17.9. The Labute approximate surface area is 187 Å². The predicted molar refractivity (Wildman–Crippen MR) is 105 cm³/mol. The van der Waals surface area contributed by atoms with Gasteiger partial charge in [0.2, 0.25) is 11.8 Å². The Morgan fingerprint density at radius 1 is 1.03 bits per heavy atom. The summed E-state index contributed by atoms with van der Waals surface area (Å²) in [7, 11) is 0. The fourth-order valence-corrected chi connectivity index (χ4v) is 3.88. The molecule has 2 heterocycles. The van der Waals surface area contributed by atoms with Gasteiger partial charge in [-0.05, 0) is 45.0 Å². The molecule has 12 heteroatoms. The molecule has 1 aromatic heterocycles. The Morgan fingerprint density at radius 3 is 2.35 bits per heavy atom. The number of oxazole rings is 1. The molecular weight excluding hydrogens is 473 g/mol. The van der Waals surface area contributed by atoms with Crippen LogP contribution < -0.4 is 5.32 Å². The highest BCUT2D eigenvalue weighted by Gasteiger charge is 2.64. The lowest BCUT2D eigenvalue weighted by atomic mass is 9.77. The molecule has 0 radical (unpaired) electrons. The number of nitrogens with zero attached hydrogens (tertiary/aromatic N) is 1. The van der Waals surface area contributed by atoms with Gasteiger partial charge in [-0.2, -0.15) is 13.2 Å². The molecule has 1 aliphatic rings. The summed E-state index contributed by atoms with van der Waals surface area (Å²) in [5.74, 6) is -8.07. The summed E-state index contributed by atoms with van der Waals surface area (Å²) in [6.45, 7) is 2.18. The maximum atomic E-state index is 15.5. The summed E-state index contributed by atoms with van der Waals surface area (Å²) < 4.78 is 110. The lowest BCUT2D eigenvalue weighted by Gasteiger charge is -2.43. The molecule has 34 heavy (non-hydrogen) atoms. The number of carbonyl (C=O) groups is 1. The van der Waals surface area contributed by atoms with Crippen LogP contribution in [-0.4, -0.2) is 29.0 Å². The average molecular weight is 490 g/mol. The van der Waals surface area contributed by atoms with Gasteiger partial charge in [0.15, 0.2) is 5.58 Å². The third kappa shape index (κ3) is 3.60. The normalized spacial score (nSPS) is 22.5. The second kappa shape index (κ2) is 7.42. The van der Waals surface area contributed by atoms with Crippen molar-refractivity contribution in [1.29, 1.82) is 0 Å². The number of hydrogen-bond acceptors (Lipinski definition) is 4. The van der Waals surface area contributed by atoms with Crippen molar-refractivity contribution < 1.29 is 44.7 Å². The molecule has 182 valence electrons. The zero-order chi connectivity index (χ0) is 25.3. The SMILES string of the molecule is CC1(C)OCC(=O)N[C@](C)(c2cc(-c3nc4ccc(C(F)(F)F)cc4o3)c(F)cc2F)C1(F)F. The standard InChI is InChI=1S/C22H17F7N2O3/c1-19(2)22(28,29)20(3,31-17(32)9-33-19)12-7-11(13(23)8-14(12)24)18-30-15-5-4-10(21(25,26)27)6-16(15)34-18/h4-8H,9H2,1-3H3,(H,31,32)/t20-/m1/s1. The predicted octanol–water partition coefficient (Wildman–Crippen LogP) is 5.57. The van der Waals surface area contributed by atoms with E-state index in [2.05, 4.69) is 10.3 Å². The smallest absolute Gasteiger partial charge is 0.416 e. The maximum absolute atomic E-state index is 15.5. The zero-order valence-corrected chi connectivity index (χ0v) is 17.9. The summed E-state index contributed by atoms with van der Waals surface area (Å²) in [4.78, 5) is 16.0. The van der Waals surface area contributed by atoms with E-state index in [0.717, 1.165) is 32.9 Å². The second-order valence-electron chi connectivity index (χ2n) is 8.56. The third-order valence-corrected chi connectivity index (χ3v) is 5.88. The molecule has 0 unspecified atom stereocenters. The highest BCUT2D eigenvalue weighted by Crippen LogP contribution is 2.49. The van der Waals surface area contributed by atoms with Crippen LogP contribution in [0.2, 0.25) is 0 Å². The number of rotatable bonds is 2. The van der Waals surface area contributed by atoms with Crippen molar-refractivity contribution in [3.8, 4) is 11.5 Å². The number of hydrogen-bond donors (Lipinski definition) is 1. The van der Waals surface area contributed by atoms with Crippen LogP contribution in [0.1, 0.15) is 31.9 Å². The summed E-state index contributed by atoms with van der Waals surface area (Å²) in [5.41, 5.74) is -7.75. The van der Waals surface area contributed by atoms with Crippen LogP contribution in [0, 0.1) is 11.6 Å². The first-order valence-corrected chi connectivity index (χ1v) is 9.87. The molecular formula is C22H17F7N2O3. The van der Waals surface area contributed by atoms with E-state index >= 15 is 8.78 Å². The van der Waals surface area contributed by atoms with Crippen molar-refractivity contribution >= 4 is 17.0 Å². The number of aromatic nitrogens is 1. The van der Waals surface area contributed by atoms with E-state index in [1.807, 2.05) is 0 Å². The molecule has 5 nitrogen and oxygen atoms in total. The van der Waals surface area contributed by atoms with Crippen molar-refractivity contribution in [3.05, 3.63) is 53.1 Å². The number of nitrogens with one attached hydrogen (secondary N) is 1. The average Bonchev–Trinajstić information content (AvgIpc) is 3.12. The fourth-order valence-electron chi connectivity index (χ4n) is 3.88. The summed E-state index contributed by atoms with van der Waals surface area (Å²) >= 11 is 0. The minimum absolute atomic E-state index is 0.0675. The van der Waals surface area contributed by atoms with Gasteiger partial charge < -0.3 is 14.5 Å². The van der Waals surface area contributed by atoms with Crippen LogP contribution >= 0.6 is 0 Å². The van der Waals surface area contributed by atoms with Gasteiger partial charge in [0.05, 0.1) is 11.1 Å². The number of ether oxygens (including phenoxy) is 1. The minimum atomic E-state index is -4.68. The van der Waals surface area contributed by atoms with Gasteiger partial charge in [-0.1, -0.05) is 0 Å². The van der Waals surface area contributed by atoms with Crippen LogP contribution in [0.4, 0.5) is 30.7 Å². The molecule has 0 saturated carbocycles. The largest absolute Gasteiger partial charge is 0.436 e. The van der Waals surface area contributed by atoms with E-state index in [4.69, 9.17) is 9.15 Å². The van der Waals surface area contributed by atoms with Crippen LogP contribution in [0.15, 0.2) is 34.7 Å². The Kier molecular flexibility index (Phi) is 5.24. The minimum Gasteiger partial charge on any atom is -0.436 e. The fraction of sp³-hybridized carbons (Fsp3) is 0.364. The molecule has 1 amide bonds. The summed E-state index contributed by atoms with van der Waals surface area (Å²) in [6.07, 6.45) is -4.68. The van der Waals surface area contributed by atoms with Crippen LogP contribution in [0.25, 0.3) is 22.6 Å². The van der Waals surface area contributed by atoms with Crippen molar-refractivity contribution in [2.75, 3.05) is 6.61 Å². The molecule has 1 fully saturated rings. The van der Waals surface area contributed by atoms with Gasteiger partial charge in [0, 0.05) is 11.6 Å². The van der Waals surface area contributed by atoms with Gasteiger partial charge in [-0.3, -0.25) is 4.79 Å². The van der Waals surface area contributed by atoms with Crippen LogP contribution in [0.5, 0.6) is 0 Å². The third-order valence-electron chi connectivity index (χ3n) is 5.88. The Balaban J connectivity index is 1.90. The lowest BCUT2D eigenvalue weighted by molar-refractivity contribution is -0.216. The molecule has 0 bridgehead atoms.